The maximum absolute atomic E-state index is 14.2. The SMILES string of the molecule is CC1(C)C=C2Nc3ccccc3N(C(=O)Cc3ccccc3)[C@H](c3ccc(-c4cccc([N+](=O)[O-])c4)o3)[C@@H]2C(=O)C1. The molecule has 8 heteroatoms. The van der Waals surface area contributed by atoms with Crippen molar-refractivity contribution in [2.24, 2.45) is 11.3 Å². The van der Waals surface area contributed by atoms with Crippen molar-refractivity contribution in [1.29, 1.82) is 0 Å². The highest BCUT2D eigenvalue weighted by Crippen LogP contribution is 2.49. The number of amides is 1. The largest absolute Gasteiger partial charge is 0.459 e. The van der Waals surface area contributed by atoms with Crippen LogP contribution in [0.3, 0.4) is 0 Å². The number of allylic oxidation sites excluding steroid dienone is 1. The van der Waals surface area contributed by atoms with E-state index in [4.69, 9.17) is 4.42 Å². The first-order chi connectivity index (χ1) is 19.7. The van der Waals surface area contributed by atoms with Crippen molar-refractivity contribution < 1.29 is 18.9 Å². The van der Waals surface area contributed by atoms with Crippen LogP contribution in [0.5, 0.6) is 0 Å². The van der Waals surface area contributed by atoms with Gasteiger partial charge in [0.05, 0.1) is 28.6 Å². The van der Waals surface area contributed by atoms with E-state index in [9.17, 15) is 19.7 Å². The van der Waals surface area contributed by atoms with Crippen LogP contribution in [0.15, 0.2) is 107 Å². The van der Waals surface area contributed by atoms with Crippen LogP contribution >= 0.6 is 0 Å². The van der Waals surface area contributed by atoms with Gasteiger partial charge in [0, 0.05) is 29.8 Å². The van der Waals surface area contributed by atoms with Gasteiger partial charge in [-0.15, -0.1) is 0 Å². The number of nitrogens with zero attached hydrogens (tertiary/aromatic N) is 2. The standard InChI is InChI=1S/C33H29N3O5/c1-33(2)19-25-31(27(37)20-33)32(29-16-15-28(41-29)22-11-8-12-23(18-22)36(39)40)35(26-14-7-6-13-24(26)34-25)30(38)17-21-9-4-3-5-10-21/h3-16,18-19,31-32,34H,17,20H2,1-2H3/t31-,32+/m0/s1. The first kappa shape index (κ1) is 26.3. The Bertz CT molecular complexity index is 1690. The minimum atomic E-state index is -0.773. The third kappa shape index (κ3) is 5.04. The van der Waals surface area contributed by atoms with Gasteiger partial charge in [-0.25, -0.2) is 0 Å². The van der Waals surface area contributed by atoms with E-state index in [1.807, 2.05) is 68.4 Å². The quantitative estimate of drug-likeness (QED) is 0.211. The van der Waals surface area contributed by atoms with Crippen LogP contribution in [0, 0.1) is 21.4 Å². The van der Waals surface area contributed by atoms with Crippen LogP contribution in [0.1, 0.15) is 37.6 Å². The number of anilines is 2. The fraction of sp³-hybridized carbons (Fsp3) is 0.212. The third-order valence-electron chi connectivity index (χ3n) is 7.62. The molecule has 0 radical (unpaired) electrons. The number of hydrogen-bond acceptors (Lipinski definition) is 6. The molecule has 0 bridgehead atoms. The predicted octanol–water partition coefficient (Wildman–Crippen LogP) is 7.10. The van der Waals surface area contributed by atoms with Crippen molar-refractivity contribution >= 4 is 28.8 Å². The summed E-state index contributed by atoms with van der Waals surface area (Å²) in [6, 6.07) is 26.0. The lowest BCUT2D eigenvalue weighted by atomic mass is 9.73. The summed E-state index contributed by atoms with van der Waals surface area (Å²) in [5.41, 5.74) is 3.07. The van der Waals surface area contributed by atoms with E-state index in [2.05, 4.69) is 11.4 Å². The maximum atomic E-state index is 14.2. The Morgan fingerprint density at radius 3 is 2.56 bits per heavy atom. The summed E-state index contributed by atoms with van der Waals surface area (Å²) in [7, 11) is 0. The van der Waals surface area contributed by atoms with Crippen LogP contribution in [0.4, 0.5) is 17.1 Å². The average Bonchev–Trinajstić information content (AvgIpc) is 3.37. The van der Waals surface area contributed by atoms with E-state index >= 15 is 0 Å². The van der Waals surface area contributed by atoms with Crippen LogP contribution in [-0.4, -0.2) is 16.6 Å². The minimum Gasteiger partial charge on any atom is -0.459 e. The lowest BCUT2D eigenvalue weighted by molar-refractivity contribution is -0.384. The molecule has 3 aromatic carbocycles. The molecule has 2 heterocycles. The highest BCUT2D eigenvalue weighted by atomic mass is 16.6. The summed E-state index contributed by atoms with van der Waals surface area (Å²) in [6.07, 6.45) is 2.53. The number of non-ortho nitro benzene ring substituents is 1. The van der Waals surface area contributed by atoms with Crippen LogP contribution in [0.2, 0.25) is 0 Å². The topological polar surface area (TPSA) is 106 Å². The van der Waals surface area contributed by atoms with Gasteiger partial charge >= 0.3 is 0 Å². The molecule has 1 N–H and O–H groups in total. The van der Waals surface area contributed by atoms with Crippen LogP contribution in [0.25, 0.3) is 11.3 Å². The number of furan rings is 1. The van der Waals surface area contributed by atoms with E-state index in [-0.39, 0.29) is 29.2 Å². The van der Waals surface area contributed by atoms with Gasteiger partial charge in [-0.3, -0.25) is 24.6 Å². The molecule has 0 unspecified atom stereocenters. The number of ketones is 1. The van der Waals surface area contributed by atoms with Crippen molar-refractivity contribution in [3.05, 3.63) is 124 Å². The second-order valence-corrected chi connectivity index (χ2v) is 11.2. The van der Waals surface area contributed by atoms with Gasteiger partial charge in [0.25, 0.3) is 5.69 Å². The number of nitrogens with one attached hydrogen (secondary N) is 1. The Morgan fingerprint density at radius 2 is 1.78 bits per heavy atom. The van der Waals surface area contributed by atoms with E-state index in [0.29, 0.717) is 29.2 Å². The number of carbonyl (C=O) groups excluding carboxylic acids is 2. The Balaban J connectivity index is 1.52. The second kappa shape index (κ2) is 10.2. The lowest BCUT2D eigenvalue weighted by Crippen LogP contribution is -2.44. The molecule has 8 nitrogen and oxygen atoms in total. The lowest BCUT2D eigenvalue weighted by Gasteiger charge is -2.38. The molecule has 0 spiro atoms. The maximum Gasteiger partial charge on any atom is 0.270 e. The fourth-order valence-electron chi connectivity index (χ4n) is 5.87. The van der Waals surface area contributed by atoms with Crippen molar-refractivity contribution in [3.63, 3.8) is 0 Å². The van der Waals surface area contributed by atoms with Crippen molar-refractivity contribution in [3.8, 4) is 11.3 Å². The number of benzene rings is 3. The first-order valence-corrected chi connectivity index (χ1v) is 13.5. The first-order valence-electron chi connectivity index (χ1n) is 13.5. The Hall–Kier alpha value is -4.98. The molecular weight excluding hydrogens is 518 g/mol. The summed E-state index contributed by atoms with van der Waals surface area (Å²) < 4.78 is 6.37. The van der Waals surface area contributed by atoms with E-state index < -0.39 is 16.9 Å². The summed E-state index contributed by atoms with van der Waals surface area (Å²) in [6.45, 7) is 4.04. The van der Waals surface area contributed by atoms with Gasteiger partial charge in [0.2, 0.25) is 5.91 Å². The monoisotopic (exact) mass is 547 g/mol. The van der Waals surface area contributed by atoms with Crippen LogP contribution in [-0.2, 0) is 16.0 Å². The highest BCUT2D eigenvalue weighted by Gasteiger charge is 2.47. The third-order valence-corrected chi connectivity index (χ3v) is 7.62. The summed E-state index contributed by atoms with van der Waals surface area (Å²) in [5, 5.41) is 14.9. The molecule has 4 aromatic rings. The van der Waals surface area contributed by atoms with Gasteiger partial charge in [-0.1, -0.05) is 74.5 Å². The molecule has 1 aromatic heterocycles. The van der Waals surface area contributed by atoms with E-state index in [1.54, 1.807) is 29.2 Å². The molecule has 6 rings (SSSR count). The molecule has 0 fully saturated rings. The molecule has 206 valence electrons. The number of nitro benzene ring substituents is 1. The van der Waals surface area contributed by atoms with Gasteiger partial charge in [-0.2, -0.15) is 0 Å². The normalized spacial score (nSPS) is 19.3. The number of hydrogen-bond donors (Lipinski definition) is 1. The highest BCUT2D eigenvalue weighted by molar-refractivity contribution is 6.02. The molecule has 41 heavy (non-hydrogen) atoms. The number of nitro groups is 1. The second-order valence-electron chi connectivity index (χ2n) is 11.2. The van der Waals surface area contributed by atoms with E-state index in [1.165, 1.54) is 12.1 Å². The minimum absolute atomic E-state index is 0.00335. The number of para-hydroxylation sites is 2. The molecular formula is C33H29N3O5. The zero-order valence-corrected chi connectivity index (χ0v) is 22.7. The predicted molar refractivity (Wildman–Crippen MR) is 156 cm³/mol. The van der Waals surface area contributed by atoms with Gasteiger partial charge in [0.1, 0.15) is 23.3 Å². The number of rotatable bonds is 5. The Morgan fingerprint density at radius 1 is 1.02 bits per heavy atom. The molecule has 1 amide bonds. The summed E-state index contributed by atoms with van der Waals surface area (Å²) in [4.78, 5) is 40.8. The van der Waals surface area contributed by atoms with Crippen molar-refractivity contribution in [2.75, 3.05) is 10.2 Å². The molecule has 0 saturated carbocycles. The smallest absolute Gasteiger partial charge is 0.270 e. The average molecular weight is 548 g/mol. The number of carbonyl (C=O) groups is 2. The fourth-order valence-corrected chi connectivity index (χ4v) is 5.87. The molecule has 1 aliphatic carbocycles. The van der Waals surface area contributed by atoms with Crippen LogP contribution < -0.4 is 10.2 Å². The summed E-state index contributed by atoms with van der Waals surface area (Å²) >= 11 is 0. The van der Waals surface area contributed by atoms with Gasteiger partial charge < -0.3 is 9.73 Å². The zero-order chi connectivity index (χ0) is 28.7. The zero-order valence-electron chi connectivity index (χ0n) is 22.7. The van der Waals surface area contributed by atoms with Gasteiger partial charge in [-0.05, 0) is 35.2 Å². The molecule has 0 saturated heterocycles. The van der Waals surface area contributed by atoms with Crippen molar-refractivity contribution in [1.82, 2.24) is 0 Å². The number of fused-ring (bicyclic) bond motifs is 2. The Labute approximate surface area is 237 Å². The summed E-state index contributed by atoms with van der Waals surface area (Å²) in [5.74, 6) is -0.0281. The molecule has 1 aliphatic heterocycles. The van der Waals surface area contributed by atoms with E-state index in [0.717, 1.165) is 16.9 Å². The van der Waals surface area contributed by atoms with Crippen molar-refractivity contribution in [2.45, 2.75) is 32.7 Å². The molecule has 2 atom stereocenters. The Kier molecular flexibility index (Phi) is 6.53. The van der Waals surface area contributed by atoms with Gasteiger partial charge in [0.15, 0.2) is 0 Å². The number of Topliss-reactive ketones (excluding diaryl/α,β-unsaturated/α-hetero) is 1. The molecule has 2 aliphatic rings.